The van der Waals surface area contributed by atoms with Gasteiger partial charge in [0.05, 0.1) is 13.2 Å². The number of ether oxygens (including phenoxy) is 1. The van der Waals surface area contributed by atoms with E-state index < -0.39 is 11.5 Å². The average molecular weight is 356 g/mol. The van der Waals surface area contributed by atoms with Crippen LogP contribution in [0.15, 0.2) is 96.8 Å². The highest BCUT2D eigenvalue weighted by Gasteiger charge is 2.41. The largest absolute Gasteiger partial charge is 0.466 e. The molecule has 0 saturated carbocycles. The fourth-order valence-electron chi connectivity index (χ4n) is 3.61. The summed E-state index contributed by atoms with van der Waals surface area (Å²) in [6.07, 6.45) is 1.44. The van der Waals surface area contributed by atoms with Crippen LogP contribution in [0.25, 0.3) is 0 Å². The maximum Gasteiger partial charge on any atom is 0.334 e. The van der Waals surface area contributed by atoms with E-state index in [1.165, 1.54) is 13.2 Å². The molecule has 1 heterocycles. The molecule has 0 amide bonds. The predicted molar refractivity (Wildman–Crippen MR) is 106 cm³/mol. The van der Waals surface area contributed by atoms with Crippen molar-refractivity contribution in [3.63, 3.8) is 0 Å². The molecule has 0 radical (unpaired) electrons. The number of methoxy groups -OCH3 is 1. The van der Waals surface area contributed by atoms with Gasteiger partial charge in [0.2, 0.25) is 0 Å². The second-order valence-electron chi connectivity index (χ2n) is 6.36. The smallest absolute Gasteiger partial charge is 0.334 e. The van der Waals surface area contributed by atoms with E-state index in [0.717, 1.165) is 22.4 Å². The zero-order chi connectivity index (χ0) is 18.7. The molecular formula is C23H20N2O2. The van der Waals surface area contributed by atoms with Gasteiger partial charge in [-0.05, 0) is 17.2 Å². The lowest BCUT2D eigenvalue weighted by Crippen LogP contribution is -2.49. The van der Waals surface area contributed by atoms with E-state index in [1.54, 1.807) is 0 Å². The number of esters is 1. The summed E-state index contributed by atoms with van der Waals surface area (Å²) in [6, 6.07) is 28.6. The first-order valence-corrected chi connectivity index (χ1v) is 8.79. The number of rotatable bonds is 3. The van der Waals surface area contributed by atoms with Gasteiger partial charge >= 0.3 is 5.97 Å². The summed E-state index contributed by atoms with van der Waals surface area (Å²) in [5.41, 5.74) is 3.56. The number of carbonyl (C=O) groups is 1. The first-order chi connectivity index (χ1) is 13.2. The van der Waals surface area contributed by atoms with Crippen LogP contribution in [0, 0.1) is 0 Å². The van der Waals surface area contributed by atoms with Crippen LogP contribution >= 0.6 is 0 Å². The Hall–Kier alpha value is -3.53. The molecule has 2 N–H and O–H groups in total. The van der Waals surface area contributed by atoms with Gasteiger partial charge < -0.3 is 15.4 Å². The predicted octanol–water partition coefficient (Wildman–Crippen LogP) is 4.01. The molecular weight excluding hydrogens is 336 g/mol. The topological polar surface area (TPSA) is 50.4 Å². The third kappa shape index (κ3) is 2.95. The van der Waals surface area contributed by atoms with Crippen molar-refractivity contribution in [1.29, 1.82) is 0 Å². The minimum atomic E-state index is -0.635. The molecule has 3 aromatic carbocycles. The molecule has 0 bridgehead atoms. The zero-order valence-electron chi connectivity index (χ0n) is 15.0. The number of hydrogen-bond donors (Lipinski definition) is 2. The molecule has 0 aromatic heterocycles. The molecule has 134 valence electrons. The van der Waals surface area contributed by atoms with E-state index in [0.29, 0.717) is 5.82 Å². The van der Waals surface area contributed by atoms with Crippen molar-refractivity contribution < 1.29 is 9.53 Å². The number of hydrogen-bond acceptors (Lipinski definition) is 4. The van der Waals surface area contributed by atoms with Gasteiger partial charge in [0.1, 0.15) is 11.4 Å². The standard InChI is InChI=1S/C23H20N2O2/c1-27-22(26)16-21-24-20-15-9-8-14-19(20)23(25-21,17-10-4-2-5-11-17)18-12-6-3-7-13-18/h2-16,24-25H,1H3. The summed E-state index contributed by atoms with van der Waals surface area (Å²) in [5, 5.41) is 6.88. The highest BCUT2D eigenvalue weighted by Crippen LogP contribution is 2.43. The lowest BCUT2D eigenvalue weighted by atomic mass is 9.75. The third-order valence-electron chi connectivity index (χ3n) is 4.80. The lowest BCUT2D eigenvalue weighted by molar-refractivity contribution is -0.134. The van der Waals surface area contributed by atoms with Gasteiger partial charge in [0.25, 0.3) is 0 Å². The number of anilines is 1. The molecule has 0 spiro atoms. The van der Waals surface area contributed by atoms with E-state index in [9.17, 15) is 4.79 Å². The summed E-state index contributed by atoms with van der Waals surface area (Å²) in [7, 11) is 1.37. The van der Waals surface area contributed by atoms with Crippen LogP contribution in [-0.4, -0.2) is 13.1 Å². The van der Waals surface area contributed by atoms with E-state index in [1.807, 2.05) is 54.6 Å². The summed E-state index contributed by atoms with van der Waals surface area (Å²) in [4.78, 5) is 11.9. The normalized spacial score (nSPS) is 16.0. The fraction of sp³-hybridized carbons (Fsp3) is 0.0870. The van der Waals surface area contributed by atoms with Gasteiger partial charge in [-0.15, -0.1) is 0 Å². The van der Waals surface area contributed by atoms with Crippen LogP contribution in [0.5, 0.6) is 0 Å². The summed E-state index contributed by atoms with van der Waals surface area (Å²) in [5.74, 6) is 0.174. The SMILES string of the molecule is COC(=O)C=C1Nc2ccccc2C(c2ccccc2)(c2ccccc2)N1. The van der Waals surface area contributed by atoms with Crippen LogP contribution in [0.4, 0.5) is 5.69 Å². The molecule has 1 aliphatic rings. The van der Waals surface area contributed by atoms with Gasteiger partial charge in [0.15, 0.2) is 0 Å². The molecule has 0 unspecified atom stereocenters. The Morgan fingerprint density at radius 2 is 1.41 bits per heavy atom. The number of fused-ring (bicyclic) bond motifs is 1. The first kappa shape index (κ1) is 16.9. The molecule has 0 fully saturated rings. The molecule has 1 aliphatic heterocycles. The van der Waals surface area contributed by atoms with Crippen LogP contribution in [0.3, 0.4) is 0 Å². The average Bonchev–Trinajstić information content (AvgIpc) is 2.74. The van der Waals surface area contributed by atoms with Crippen molar-refractivity contribution in [3.8, 4) is 0 Å². The molecule has 4 heteroatoms. The quantitative estimate of drug-likeness (QED) is 0.550. The summed E-state index contributed by atoms with van der Waals surface area (Å²) >= 11 is 0. The molecule has 27 heavy (non-hydrogen) atoms. The van der Waals surface area contributed by atoms with Crippen molar-refractivity contribution in [2.75, 3.05) is 12.4 Å². The van der Waals surface area contributed by atoms with Gasteiger partial charge in [0, 0.05) is 11.3 Å². The molecule has 0 saturated heterocycles. The van der Waals surface area contributed by atoms with E-state index in [2.05, 4.69) is 41.0 Å². The highest BCUT2D eigenvalue weighted by molar-refractivity contribution is 5.84. The summed E-state index contributed by atoms with van der Waals surface area (Å²) < 4.78 is 4.83. The van der Waals surface area contributed by atoms with Crippen molar-refractivity contribution in [1.82, 2.24) is 5.32 Å². The molecule has 3 aromatic rings. The van der Waals surface area contributed by atoms with E-state index in [-0.39, 0.29) is 0 Å². The van der Waals surface area contributed by atoms with Crippen molar-refractivity contribution in [2.24, 2.45) is 0 Å². The maximum absolute atomic E-state index is 11.9. The Kier molecular flexibility index (Phi) is 4.38. The van der Waals surface area contributed by atoms with Crippen LogP contribution in [0.2, 0.25) is 0 Å². The Balaban J connectivity index is 2.01. The molecule has 0 atom stereocenters. The maximum atomic E-state index is 11.9. The van der Waals surface area contributed by atoms with Gasteiger partial charge in [-0.3, -0.25) is 0 Å². The fourth-order valence-corrected chi connectivity index (χ4v) is 3.61. The zero-order valence-corrected chi connectivity index (χ0v) is 15.0. The minimum Gasteiger partial charge on any atom is -0.466 e. The number of nitrogens with one attached hydrogen (secondary N) is 2. The Bertz CT molecular complexity index is 942. The Morgan fingerprint density at radius 3 is 2.00 bits per heavy atom. The molecule has 4 rings (SSSR count). The van der Waals surface area contributed by atoms with E-state index in [4.69, 9.17) is 4.74 Å². The third-order valence-corrected chi connectivity index (χ3v) is 4.80. The number of para-hydroxylation sites is 1. The first-order valence-electron chi connectivity index (χ1n) is 8.79. The molecule has 0 aliphatic carbocycles. The van der Waals surface area contributed by atoms with Crippen molar-refractivity contribution >= 4 is 11.7 Å². The monoisotopic (exact) mass is 356 g/mol. The Labute approximate surface area is 158 Å². The second-order valence-corrected chi connectivity index (χ2v) is 6.36. The lowest BCUT2D eigenvalue weighted by Gasteiger charge is -2.43. The highest BCUT2D eigenvalue weighted by atomic mass is 16.5. The van der Waals surface area contributed by atoms with Gasteiger partial charge in [-0.2, -0.15) is 0 Å². The van der Waals surface area contributed by atoms with Crippen LogP contribution < -0.4 is 10.6 Å². The molecule has 4 nitrogen and oxygen atoms in total. The van der Waals surface area contributed by atoms with E-state index >= 15 is 0 Å². The second kappa shape index (κ2) is 7.00. The summed E-state index contributed by atoms with van der Waals surface area (Å²) in [6.45, 7) is 0. The van der Waals surface area contributed by atoms with Gasteiger partial charge in [-0.1, -0.05) is 78.9 Å². The van der Waals surface area contributed by atoms with Crippen LogP contribution in [-0.2, 0) is 15.1 Å². The van der Waals surface area contributed by atoms with Gasteiger partial charge in [-0.25, -0.2) is 4.79 Å². The number of benzene rings is 3. The Morgan fingerprint density at radius 1 is 0.852 bits per heavy atom. The van der Waals surface area contributed by atoms with Crippen molar-refractivity contribution in [2.45, 2.75) is 5.54 Å². The van der Waals surface area contributed by atoms with Crippen molar-refractivity contribution in [3.05, 3.63) is 114 Å². The minimum absolute atomic E-state index is 0.417. The number of carbonyl (C=O) groups excluding carboxylic acids is 1. The van der Waals surface area contributed by atoms with Crippen LogP contribution in [0.1, 0.15) is 16.7 Å².